The van der Waals surface area contributed by atoms with Crippen LogP contribution in [-0.2, 0) is 35.4 Å². The second kappa shape index (κ2) is 26.0. The van der Waals surface area contributed by atoms with Crippen LogP contribution in [0.2, 0.25) is 0 Å². The zero-order chi connectivity index (χ0) is 42.3. The molecule has 0 bridgehead atoms. The van der Waals surface area contributed by atoms with Gasteiger partial charge in [0.05, 0.1) is 36.2 Å². The zero-order valence-electron chi connectivity index (χ0n) is 35.0. The average molecular weight is 832 g/mol. The molecule has 4 rings (SSSR count). The van der Waals surface area contributed by atoms with E-state index in [4.69, 9.17) is 14.2 Å². The summed E-state index contributed by atoms with van der Waals surface area (Å²) in [5.41, 5.74) is 1.35. The van der Waals surface area contributed by atoms with E-state index in [1.807, 2.05) is 44.2 Å². The minimum Gasteiger partial charge on any atom is -0.443 e. The van der Waals surface area contributed by atoms with Gasteiger partial charge in [0.15, 0.2) is 6.29 Å². The number of amides is 2. The number of carbonyl (C=O) groups excluding carboxylic acids is 2. The topological polar surface area (TPSA) is 144 Å². The van der Waals surface area contributed by atoms with Gasteiger partial charge in [0.2, 0.25) is 15.9 Å². The van der Waals surface area contributed by atoms with Crippen molar-refractivity contribution in [2.75, 3.05) is 31.6 Å². The molecular weight excluding hydrogens is 767 g/mol. The van der Waals surface area contributed by atoms with Crippen molar-refractivity contribution in [3.63, 3.8) is 0 Å². The number of hydrogen-bond donors (Lipinski definition) is 3. The van der Waals surface area contributed by atoms with Gasteiger partial charge in [-0.05, 0) is 93.5 Å². The van der Waals surface area contributed by atoms with Gasteiger partial charge >= 0.3 is 6.09 Å². The van der Waals surface area contributed by atoms with Crippen LogP contribution in [0.3, 0.4) is 0 Å². The molecule has 59 heavy (non-hydrogen) atoms. The lowest BCUT2D eigenvalue weighted by atomic mass is 10.0. The number of ether oxygens (including phenoxy) is 3. The Balaban J connectivity index is 1.25. The predicted molar refractivity (Wildman–Crippen MR) is 234 cm³/mol. The summed E-state index contributed by atoms with van der Waals surface area (Å²) in [5, 5.41) is 17.3. The van der Waals surface area contributed by atoms with Gasteiger partial charge in [-0.3, -0.25) is 4.79 Å². The van der Waals surface area contributed by atoms with Crippen molar-refractivity contribution in [2.24, 2.45) is 11.8 Å². The van der Waals surface area contributed by atoms with Gasteiger partial charge in [-0.2, -0.15) is 4.31 Å². The first-order valence-electron chi connectivity index (χ1n) is 21.1. The second-order valence-corrected chi connectivity index (χ2v) is 17.3. The normalized spacial score (nSPS) is 19.5. The first-order chi connectivity index (χ1) is 28.6. The number of alkyl carbamates (subject to hydrolysis) is 1. The highest BCUT2D eigenvalue weighted by Gasteiger charge is 2.44. The van der Waals surface area contributed by atoms with Crippen LogP contribution < -0.4 is 10.6 Å². The third kappa shape index (κ3) is 17.1. The molecule has 2 aliphatic heterocycles. The molecule has 2 aliphatic rings. The molecule has 0 saturated carbocycles. The number of unbranched alkanes of at least 4 members (excludes halogenated alkanes) is 1. The molecule has 0 unspecified atom stereocenters. The summed E-state index contributed by atoms with van der Waals surface area (Å²) in [6, 6.07) is 14.6. The monoisotopic (exact) mass is 831 g/mol. The molecule has 0 aliphatic carbocycles. The van der Waals surface area contributed by atoms with Crippen molar-refractivity contribution in [1.82, 2.24) is 9.62 Å². The van der Waals surface area contributed by atoms with E-state index in [9.17, 15) is 23.1 Å². The zero-order valence-corrected chi connectivity index (χ0v) is 35.8. The van der Waals surface area contributed by atoms with E-state index in [0.717, 1.165) is 50.5 Å². The summed E-state index contributed by atoms with van der Waals surface area (Å²) in [6.45, 7) is 6.57. The number of allylic oxidation sites excluding steroid dienone is 10. The molecule has 2 amide bonds. The maximum atomic E-state index is 14.0. The largest absolute Gasteiger partial charge is 0.443 e. The second-order valence-electron chi connectivity index (χ2n) is 15.4. The summed E-state index contributed by atoms with van der Waals surface area (Å²) in [4.78, 5) is 25.9. The molecule has 0 radical (unpaired) electrons. The number of nitrogens with zero attached hydrogens (tertiary/aromatic N) is 1. The van der Waals surface area contributed by atoms with Gasteiger partial charge in [0.25, 0.3) is 0 Å². The van der Waals surface area contributed by atoms with Crippen LogP contribution >= 0.6 is 0 Å². The molecule has 12 heteroatoms. The number of hydrogen-bond acceptors (Lipinski definition) is 8. The molecule has 2 saturated heterocycles. The highest BCUT2D eigenvalue weighted by molar-refractivity contribution is 7.89. The van der Waals surface area contributed by atoms with Gasteiger partial charge < -0.3 is 30.0 Å². The predicted octanol–water partition coefficient (Wildman–Crippen LogP) is 8.65. The summed E-state index contributed by atoms with van der Waals surface area (Å²) < 4.78 is 46.2. The standard InChI is InChI=1S/C47H65N3O8S/c1-4-5-6-7-8-9-10-11-12-13-14-15-16-17-18-19-23-26-45(52)48-39-27-29-40(30-28-39)59(54,55)50(34-37(2)3)35-43(51)42(33-38-24-21-20-22-25-38)49-47(53)58-44-36-57-46-41(44)31-32-56-46/h5-6,8-9,11-12,14-15,17-18,20-22,24-25,27-30,37,41-44,46,51H,4,7,10,13,16,19,23,26,31-36H2,1-3H3,(H,48,52)(H,49,53)/b6-5-,9-8-,12-11-,15-14-,18-17-/t41-,42-,43+,44-,46+/m0/s1. The Morgan fingerprint density at radius 2 is 1.49 bits per heavy atom. The SMILES string of the molecule is CC/C=C\C/C=C\C/C=C\C/C=C\C/C=C\CCCC(=O)Nc1ccc(S(=O)(=O)N(CC(C)C)C[C@@H](O)[C@H](Cc2ccccc2)NC(=O)O[C@H]2CO[C@H]3OCC[C@H]32)cc1. The lowest BCUT2D eigenvalue weighted by molar-refractivity contribution is -0.116. The highest BCUT2D eigenvalue weighted by atomic mass is 32.2. The average Bonchev–Trinajstić information content (AvgIpc) is 3.84. The first-order valence-corrected chi connectivity index (χ1v) is 22.6. The van der Waals surface area contributed by atoms with Gasteiger partial charge in [-0.25, -0.2) is 13.2 Å². The summed E-state index contributed by atoms with van der Waals surface area (Å²) >= 11 is 0. The van der Waals surface area contributed by atoms with Crippen LogP contribution in [0, 0.1) is 11.8 Å². The van der Waals surface area contributed by atoms with Crippen LogP contribution in [0.1, 0.15) is 84.1 Å². The van der Waals surface area contributed by atoms with Gasteiger partial charge in [0, 0.05) is 25.2 Å². The molecule has 11 nitrogen and oxygen atoms in total. The molecule has 322 valence electrons. The van der Waals surface area contributed by atoms with E-state index < -0.39 is 34.4 Å². The van der Waals surface area contributed by atoms with E-state index >= 15 is 0 Å². The number of aliphatic hydroxyl groups excluding tert-OH is 1. The molecule has 2 fully saturated rings. The van der Waals surface area contributed by atoms with Gasteiger partial charge in [-0.1, -0.05) is 112 Å². The highest BCUT2D eigenvalue weighted by Crippen LogP contribution is 2.33. The van der Waals surface area contributed by atoms with Crippen LogP contribution in [0.15, 0.2) is 120 Å². The van der Waals surface area contributed by atoms with E-state index in [0.29, 0.717) is 25.1 Å². The van der Waals surface area contributed by atoms with Crippen LogP contribution in [-0.4, -0.2) is 80.7 Å². The summed E-state index contributed by atoms with van der Waals surface area (Å²) in [6.07, 6.45) is 26.3. The number of nitrogens with one attached hydrogen (secondary N) is 2. The van der Waals surface area contributed by atoms with Crippen molar-refractivity contribution >= 4 is 27.7 Å². The minimum absolute atomic E-state index is 0.0308. The van der Waals surface area contributed by atoms with Crippen molar-refractivity contribution in [2.45, 2.75) is 114 Å². The van der Waals surface area contributed by atoms with Crippen molar-refractivity contribution in [3.8, 4) is 0 Å². The number of fused-ring (bicyclic) bond motifs is 1. The molecule has 0 aromatic heterocycles. The Hall–Kier alpha value is -4.33. The smallest absolute Gasteiger partial charge is 0.407 e. The number of rotatable bonds is 25. The number of aliphatic hydroxyl groups is 1. The van der Waals surface area contributed by atoms with Crippen LogP contribution in [0.5, 0.6) is 0 Å². The molecule has 3 N–H and O–H groups in total. The van der Waals surface area contributed by atoms with Crippen molar-refractivity contribution < 1.29 is 37.3 Å². The van der Waals surface area contributed by atoms with Crippen LogP contribution in [0.25, 0.3) is 0 Å². The Labute approximate surface area is 352 Å². The molecule has 2 aromatic rings. The Kier molecular flexibility index (Phi) is 20.9. The van der Waals surface area contributed by atoms with Gasteiger partial charge in [-0.15, -0.1) is 0 Å². The Morgan fingerprint density at radius 1 is 0.864 bits per heavy atom. The minimum atomic E-state index is -4.07. The maximum absolute atomic E-state index is 14.0. The lowest BCUT2D eigenvalue weighted by Crippen LogP contribution is -2.51. The fraction of sp³-hybridized carbons (Fsp3) is 0.489. The Bertz CT molecular complexity index is 1810. The molecule has 0 spiro atoms. The van der Waals surface area contributed by atoms with E-state index in [1.165, 1.54) is 16.4 Å². The lowest BCUT2D eigenvalue weighted by Gasteiger charge is -2.31. The number of benzene rings is 2. The third-order valence-electron chi connectivity index (χ3n) is 9.98. The van der Waals surface area contributed by atoms with Crippen molar-refractivity contribution in [1.29, 1.82) is 0 Å². The number of anilines is 1. The van der Waals surface area contributed by atoms with Gasteiger partial charge in [0.1, 0.15) is 6.10 Å². The quantitative estimate of drug-likeness (QED) is 0.0667. The third-order valence-corrected chi connectivity index (χ3v) is 11.8. The maximum Gasteiger partial charge on any atom is 0.407 e. The van der Waals surface area contributed by atoms with E-state index in [1.54, 1.807) is 12.1 Å². The number of carbonyl (C=O) groups is 2. The first kappa shape index (κ1) is 47.3. The Morgan fingerprint density at radius 3 is 2.12 bits per heavy atom. The molecule has 2 aromatic carbocycles. The van der Waals surface area contributed by atoms with Crippen LogP contribution in [0.4, 0.5) is 10.5 Å². The summed E-state index contributed by atoms with van der Waals surface area (Å²) in [7, 11) is -4.07. The van der Waals surface area contributed by atoms with E-state index in [-0.39, 0.29) is 55.0 Å². The molecule has 5 atom stereocenters. The molecular formula is C47H65N3O8S. The summed E-state index contributed by atoms with van der Waals surface area (Å²) in [5.74, 6) is -0.255. The molecule has 2 heterocycles. The fourth-order valence-corrected chi connectivity index (χ4v) is 8.49. The number of sulfonamides is 1. The fourth-order valence-electron chi connectivity index (χ4n) is 6.87. The van der Waals surface area contributed by atoms with E-state index in [2.05, 4.69) is 78.3 Å². The van der Waals surface area contributed by atoms with Crippen molar-refractivity contribution in [3.05, 3.63) is 121 Å².